The summed E-state index contributed by atoms with van der Waals surface area (Å²) in [7, 11) is 0. The first-order valence-corrected chi connectivity index (χ1v) is 13.7. The summed E-state index contributed by atoms with van der Waals surface area (Å²) in [5, 5.41) is 0. The quantitative estimate of drug-likeness (QED) is 0.394. The maximum Gasteiger partial charge on any atom is 0.252 e. The minimum atomic E-state index is -0.437. The monoisotopic (exact) mass is 518 g/mol. The highest BCUT2D eigenvalue weighted by molar-refractivity contribution is 5.81. The van der Waals surface area contributed by atoms with Gasteiger partial charge < -0.3 is 19.9 Å². The molecule has 5 rings (SSSR count). The van der Waals surface area contributed by atoms with Gasteiger partial charge in [0.15, 0.2) is 0 Å². The van der Waals surface area contributed by atoms with Crippen LogP contribution in [0.4, 0.5) is 4.39 Å². The number of ether oxygens (including phenoxy) is 1. The van der Waals surface area contributed by atoms with Crippen LogP contribution in [0.25, 0.3) is 11.3 Å². The molecule has 38 heavy (non-hydrogen) atoms. The molecule has 1 aliphatic carbocycles. The van der Waals surface area contributed by atoms with Crippen LogP contribution < -0.4 is 5.73 Å². The van der Waals surface area contributed by atoms with Crippen molar-refractivity contribution < 1.29 is 13.9 Å². The van der Waals surface area contributed by atoms with Crippen LogP contribution in [0, 0.1) is 11.2 Å². The summed E-state index contributed by atoms with van der Waals surface area (Å²) in [5.41, 5.74) is 8.49. The summed E-state index contributed by atoms with van der Waals surface area (Å²) >= 11 is 0. The standard InChI is InChI=1S/C31H39FN4O2/c1-30(2,3)27(36(17-16-31(33)14-15-31)29(37)26-13-8-18-38-26)28-34-25(23-11-7-12-24(32)19-23)21-35(28)20-22-9-5-4-6-10-22/h4-7,9-12,19,21,26-27H,8,13-18,20,33H2,1-3H3/t26-,27-/m0/s1. The average molecular weight is 519 g/mol. The number of carbonyl (C=O) groups excluding carboxylic acids is 1. The van der Waals surface area contributed by atoms with Crippen molar-refractivity contribution in [2.75, 3.05) is 13.2 Å². The van der Waals surface area contributed by atoms with Gasteiger partial charge in [0, 0.05) is 37.0 Å². The van der Waals surface area contributed by atoms with Gasteiger partial charge in [-0.05, 0) is 55.2 Å². The van der Waals surface area contributed by atoms with Gasteiger partial charge in [0.2, 0.25) is 0 Å². The lowest BCUT2D eigenvalue weighted by Gasteiger charge is -2.41. The van der Waals surface area contributed by atoms with E-state index in [0.29, 0.717) is 31.0 Å². The zero-order valence-electron chi connectivity index (χ0n) is 22.7. The number of aromatic nitrogens is 2. The van der Waals surface area contributed by atoms with Gasteiger partial charge in [-0.15, -0.1) is 0 Å². The highest BCUT2D eigenvalue weighted by Crippen LogP contribution is 2.42. The van der Waals surface area contributed by atoms with E-state index in [1.54, 1.807) is 6.07 Å². The third-order valence-electron chi connectivity index (χ3n) is 7.73. The normalized spacial score (nSPS) is 19.3. The maximum absolute atomic E-state index is 14.2. The van der Waals surface area contributed by atoms with Crippen LogP contribution >= 0.6 is 0 Å². The predicted octanol–water partition coefficient (Wildman–Crippen LogP) is 5.71. The molecule has 2 fully saturated rings. The third-order valence-corrected chi connectivity index (χ3v) is 7.73. The number of hydrogen-bond donors (Lipinski definition) is 1. The van der Waals surface area contributed by atoms with Crippen LogP contribution in [0.5, 0.6) is 0 Å². The smallest absolute Gasteiger partial charge is 0.252 e. The molecule has 0 unspecified atom stereocenters. The van der Waals surface area contributed by atoms with Gasteiger partial charge in [0.05, 0.1) is 11.7 Å². The molecule has 2 N–H and O–H groups in total. The number of halogens is 1. The predicted molar refractivity (Wildman–Crippen MR) is 147 cm³/mol. The Labute approximate surface area is 225 Å². The Morgan fingerprint density at radius 2 is 1.97 bits per heavy atom. The van der Waals surface area contributed by atoms with Crippen molar-refractivity contribution in [1.82, 2.24) is 14.5 Å². The molecular weight excluding hydrogens is 479 g/mol. The highest BCUT2D eigenvalue weighted by Gasteiger charge is 2.44. The lowest BCUT2D eigenvalue weighted by atomic mass is 9.84. The third kappa shape index (κ3) is 6.00. The van der Waals surface area contributed by atoms with Gasteiger partial charge in [-0.1, -0.05) is 63.2 Å². The van der Waals surface area contributed by atoms with Gasteiger partial charge in [0.1, 0.15) is 17.7 Å². The van der Waals surface area contributed by atoms with E-state index in [-0.39, 0.29) is 28.7 Å². The van der Waals surface area contributed by atoms with Crippen molar-refractivity contribution in [3.8, 4) is 11.3 Å². The minimum Gasteiger partial charge on any atom is -0.368 e. The number of hydrogen-bond acceptors (Lipinski definition) is 4. The number of nitrogens with two attached hydrogens (primary N) is 1. The second-order valence-corrected chi connectivity index (χ2v) is 12.0. The summed E-state index contributed by atoms with van der Waals surface area (Å²) in [6, 6.07) is 16.4. The van der Waals surface area contributed by atoms with Gasteiger partial charge in [0.25, 0.3) is 5.91 Å². The molecule has 0 bridgehead atoms. The number of nitrogens with zero attached hydrogens (tertiary/aromatic N) is 3. The lowest BCUT2D eigenvalue weighted by molar-refractivity contribution is -0.146. The number of benzene rings is 2. The molecule has 0 radical (unpaired) electrons. The molecule has 1 aromatic heterocycles. The Morgan fingerprint density at radius 3 is 2.61 bits per heavy atom. The van der Waals surface area contributed by atoms with E-state index < -0.39 is 6.10 Å². The lowest BCUT2D eigenvalue weighted by Crippen LogP contribution is -2.48. The second-order valence-electron chi connectivity index (χ2n) is 12.0. The van der Waals surface area contributed by atoms with Crippen molar-refractivity contribution in [3.05, 3.63) is 78.0 Å². The van der Waals surface area contributed by atoms with E-state index in [1.807, 2.05) is 35.4 Å². The minimum absolute atomic E-state index is 0.00763. The fraction of sp³-hybridized carbons (Fsp3) is 0.484. The molecular formula is C31H39FN4O2. The Hall–Kier alpha value is -3.03. The van der Waals surface area contributed by atoms with Crippen LogP contribution in [-0.2, 0) is 16.1 Å². The molecule has 2 aliphatic rings. The van der Waals surface area contributed by atoms with Gasteiger partial charge in [-0.25, -0.2) is 9.37 Å². The zero-order valence-corrected chi connectivity index (χ0v) is 22.7. The Morgan fingerprint density at radius 1 is 1.21 bits per heavy atom. The van der Waals surface area contributed by atoms with Crippen LogP contribution in [-0.4, -0.2) is 45.2 Å². The van der Waals surface area contributed by atoms with Crippen LogP contribution in [0.15, 0.2) is 60.8 Å². The van der Waals surface area contributed by atoms with E-state index in [4.69, 9.17) is 15.5 Å². The van der Waals surface area contributed by atoms with Gasteiger partial charge in [-0.2, -0.15) is 0 Å². The molecule has 1 saturated heterocycles. The maximum atomic E-state index is 14.2. The second kappa shape index (κ2) is 10.6. The van der Waals surface area contributed by atoms with E-state index in [1.165, 1.54) is 12.1 Å². The fourth-order valence-corrected chi connectivity index (χ4v) is 5.41. The molecule has 2 aromatic carbocycles. The van der Waals surface area contributed by atoms with E-state index in [9.17, 15) is 9.18 Å². The first kappa shape index (κ1) is 26.6. The summed E-state index contributed by atoms with van der Waals surface area (Å²) in [6.07, 6.45) is 5.88. The summed E-state index contributed by atoms with van der Waals surface area (Å²) in [5.74, 6) is 0.490. The fourth-order valence-electron chi connectivity index (χ4n) is 5.41. The van der Waals surface area contributed by atoms with E-state index in [2.05, 4.69) is 37.5 Å². The zero-order chi connectivity index (χ0) is 26.9. The number of amides is 1. The molecule has 3 aromatic rings. The van der Waals surface area contributed by atoms with E-state index >= 15 is 0 Å². The highest BCUT2D eigenvalue weighted by atomic mass is 19.1. The van der Waals surface area contributed by atoms with Gasteiger partial charge in [-0.3, -0.25) is 4.79 Å². The van der Waals surface area contributed by atoms with Crippen molar-refractivity contribution in [1.29, 1.82) is 0 Å². The SMILES string of the molecule is CC(C)(C)[C@H](c1nc(-c2cccc(F)c2)cn1Cc1ccccc1)N(CCC1(N)CC1)C(=O)[C@@H]1CCCO1. The number of carbonyl (C=O) groups is 1. The number of rotatable bonds is 9. The Balaban J connectivity index is 1.60. The topological polar surface area (TPSA) is 73.4 Å². The van der Waals surface area contributed by atoms with Crippen LogP contribution in [0.2, 0.25) is 0 Å². The summed E-state index contributed by atoms with van der Waals surface area (Å²) < 4.78 is 22.2. The number of imidazole rings is 1. The molecule has 1 amide bonds. The van der Waals surface area contributed by atoms with E-state index in [0.717, 1.165) is 43.5 Å². The van der Waals surface area contributed by atoms with Crippen molar-refractivity contribution >= 4 is 5.91 Å². The molecule has 6 nitrogen and oxygen atoms in total. The first-order valence-electron chi connectivity index (χ1n) is 13.7. The molecule has 2 atom stereocenters. The molecule has 0 spiro atoms. The summed E-state index contributed by atoms with van der Waals surface area (Å²) in [4.78, 5) is 21.1. The molecule has 2 heterocycles. The molecule has 202 valence electrons. The molecule has 7 heteroatoms. The van der Waals surface area contributed by atoms with Crippen molar-refractivity contribution in [3.63, 3.8) is 0 Å². The van der Waals surface area contributed by atoms with Crippen LogP contribution in [0.1, 0.15) is 70.3 Å². The van der Waals surface area contributed by atoms with Crippen molar-refractivity contribution in [2.45, 2.75) is 77.1 Å². The Bertz CT molecular complexity index is 1260. The van der Waals surface area contributed by atoms with Crippen LogP contribution in [0.3, 0.4) is 0 Å². The summed E-state index contributed by atoms with van der Waals surface area (Å²) in [6.45, 7) is 8.18. The van der Waals surface area contributed by atoms with Gasteiger partial charge >= 0.3 is 0 Å². The molecule has 1 aliphatic heterocycles. The van der Waals surface area contributed by atoms with Crippen molar-refractivity contribution in [2.24, 2.45) is 11.1 Å². The largest absolute Gasteiger partial charge is 0.368 e. The molecule has 1 saturated carbocycles. The first-order chi connectivity index (χ1) is 18.1. The Kier molecular flexibility index (Phi) is 7.43. The average Bonchev–Trinajstić information content (AvgIpc) is 3.24.